The third-order valence-corrected chi connectivity index (χ3v) is 2.47. The van der Waals surface area contributed by atoms with Gasteiger partial charge in [-0.05, 0) is 17.7 Å². The Morgan fingerprint density at radius 2 is 1.95 bits per heavy atom. The molecule has 2 unspecified atom stereocenters. The lowest BCUT2D eigenvalue weighted by Gasteiger charge is -2.18. The van der Waals surface area contributed by atoms with Crippen LogP contribution in [-0.4, -0.2) is 29.4 Å². The number of halogens is 3. The Morgan fingerprint density at radius 3 is 2.42 bits per heavy atom. The molecule has 0 aliphatic rings. The van der Waals surface area contributed by atoms with Gasteiger partial charge in [0.2, 0.25) is 0 Å². The van der Waals surface area contributed by atoms with Crippen LogP contribution in [0.1, 0.15) is 17.2 Å². The number of esters is 1. The maximum absolute atomic E-state index is 12.6. The highest BCUT2D eigenvalue weighted by molar-refractivity contribution is 5.75. The number of nitrogens with two attached hydrogens (primary N) is 1. The molecular weight excluding hydrogens is 267 g/mol. The van der Waals surface area contributed by atoms with E-state index in [0.29, 0.717) is 6.07 Å². The summed E-state index contributed by atoms with van der Waals surface area (Å²) in [7, 11) is 0.975. The first-order chi connectivity index (χ1) is 8.68. The highest BCUT2D eigenvalue weighted by Gasteiger charge is 2.35. The Hall–Kier alpha value is -1.80. The second kappa shape index (κ2) is 5.45. The van der Waals surface area contributed by atoms with E-state index < -0.39 is 35.6 Å². The van der Waals surface area contributed by atoms with Crippen molar-refractivity contribution in [2.75, 3.05) is 12.8 Å². The predicted octanol–water partition coefficient (Wildman–Crippen LogP) is 0.855. The zero-order valence-corrected chi connectivity index (χ0v) is 9.81. The molecule has 2 atom stereocenters. The Morgan fingerprint density at radius 1 is 1.37 bits per heavy atom. The standard InChI is InChI=1S/C11H12F3NO4/c1-19-10(18)9(17)8(16)5-2-3-7(15)6(4-5)11(12,13)14/h2-4,8-9,16-17H,15H2,1H3. The number of benzene rings is 1. The van der Waals surface area contributed by atoms with Crippen LogP contribution < -0.4 is 5.73 Å². The normalized spacial score (nSPS) is 14.8. The molecule has 106 valence electrons. The fourth-order valence-corrected chi connectivity index (χ4v) is 1.44. The molecule has 0 aromatic heterocycles. The number of ether oxygens (including phenoxy) is 1. The molecule has 19 heavy (non-hydrogen) atoms. The van der Waals surface area contributed by atoms with Gasteiger partial charge in [-0.2, -0.15) is 13.2 Å². The van der Waals surface area contributed by atoms with Crippen molar-refractivity contribution in [3.63, 3.8) is 0 Å². The van der Waals surface area contributed by atoms with Crippen LogP contribution in [0, 0.1) is 0 Å². The van der Waals surface area contributed by atoms with Crippen LogP contribution >= 0.6 is 0 Å². The van der Waals surface area contributed by atoms with Gasteiger partial charge < -0.3 is 20.7 Å². The summed E-state index contributed by atoms with van der Waals surface area (Å²) >= 11 is 0. The van der Waals surface area contributed by atoms with Crippen molar-refractivity contribution in [3.8, 4) is 0 Å². The van der Waals surface area contributed by atoms with E-state index in [-0.39, 0.29) is 5.56 Å². The zero-order valence-electron chi connectivity index (χ0n) is 9.81. The number of carbonyl (C=O) groups excluding carboxylic acids is 1. The van der Waals surface area contributed by atoms with E-state index in [0.717, 1.165) is 19.2 Å². The smallest absolute Gasteiger partial charge is 0.418 e. The second-order valence-corrected chi connectivity index (χ2v) is 3.76. The van der Waals surface area contributed by atoms with E-state index in [1.807, 2.05) is 0 Å². The first-order valence-electron chi connectivity index (χ1n) is 5.09. The summed E-state index contributed by atoms with van der Waals surface area (Å²) in [5.41, 5.74) is 3.22. The Kier molecular flexibility index (Phi) is 4.38. The first kappa shape index (κ1) is 15.3. The Bertz CT molecular complexity index is 475. The molecule has 0 bridgehead atoms. The van der Waals surface area contributed by atoms with Crippen LogP contribution in [0.25, 0.3) is 0 Å². The number of rotatable bonds is 3. The molecule has 0 spiro atoms. The minimum absolute atomic E-state index is 0.292. The summed E-state index contributed by atoms with van der Waals surface area (Å²) in [6.45, 7) is 0. The second-order valence-electron chi connectivity index (χ2n) is 3.76. The lowest BCUT2D eigenvalue weighted by Crippen LogP contribution is -2.29. The van der Waals surface area contributed by atoms with Crippen molar-refractivity contribution in [1.29, 1.82) is 0 Å². The van der Waals surface area contributed by atoms with Gasteiger partial charge in [0, 0.05) is 5.69 Å². The van der Waals surface area contributed by atoms with Gasteiger partial charge in [0.05, 0.1) is 12.7 Å². The number of nitrogen functional groups attached to an aromatic ring is 1. The molecule has 0 aliphatic carbocycles. The minimum atomic E-state index is -4.70. The molecule has 4 N–H and O–H groups in total. The van der Waals surface area contributed by atoms with Crippen molar-refractivity contribution >= 4 is 11.7 Å². The molecule has 0 saturated heterocycles. The van der Waals surface area contributed by atoms with E-state index in [9.17, 15) is 28.2 Å². The summed E-state index contributed by atoms with van der Waals surface area (Å²) in [6.07, 6.45) is -8.51. The molecule has 0 heterocycles. The number of aliphatic hydroxyl groups excluding tert-OH is 2. The largest absolute Gasteiger partial charge is 0.467 e. The monoisotopic (exact) mass is 279 g/mol. The third-order valence-electron chi connectivity index (χ3n) is 2.47. The van der Waals surface area contributed by atoms with Crippen molar-refractivity contribution in [2.45, 2.75) is 18.4 Å². The van der Waals surface area contributed by atoms with Crippen molar-refractivity contribution < 1.29 is 32.9 Å². The quantitative estimate of drug-likeness (QED) is 0.563. The molecule has 5 nitrogen and oxygen atoms in total. The van der Waals surface area contributed by atoms with Crippen LogP contribution in [0.5, 0.6) is 0 Å². The van der Waals surface area contributed by atoms with Gasteiger partial charge >= 0.3 is 12.1 Å². The van der Waals surface area contributed by atoms with Gasteiger partial charge in [-0.25, -0.2) is 4.79 Å². The maximum atomic E-state index is 12.6. The van der Waals surface area contributed by atoms with E-state index in [1.165, 1.54) is 0 Å². The van der Waals surface area contributed by atoms with Crippen LogP contribution in [0.2, 0.25) is 0 Å². The Balaban J connectivity index is 3.12. The van der Waals surface area contributed by atoms with E-state index in [2.05, 4.69) is 4.74 Å². The number of hydrogen-bond acceptors (Lipinski definition) is 5. The fourth-order valence-electron chi connectivity index (χ4n) is 1.44. The summed E-state index contributed by atoms with van der Waals surface area (Å²) in [4.78, 5) is 11.0. The topological polar surface area (TPSA) is 92.8 Å². The summed E-state index contributed by atoms with van der Waals surface area (Å²) in [5, 5.41) is 19.0. The average molecular weight is 279 g/mol. The molecule has 0 aliphatic heterocycles. The lowest BCUT2D eigenvalue weighted by atomic mass is 10.0. The van der Waals surface area contributed by atoms with E-state index in [4.69, 9.17) is 5.73 Å². The number of methoxy groups -OCH3 is 1. The predicted molar refractivity (Wildman–Crippen MR) is 58.8 cm³/mol. The first-order valence-corrected chi connectivity index (χ1v) is 5.09. The highest BCUT2D eigenvalue weighted by Crippen LogP contribution is 2.35. The number of anilines is 1. The number of carbonyl (C=O) groups is 1. The summed E-state index contributed by atoms with van der Waals surface area (Å²) in [5.74, 6) is -1.15. The maximum Gasteiger partial charge on any atom is 0.418 e. The van der Waals surface area contributed by atoms with Crippen LogP contribution in [0.15, 0.2) is 18.2 Å². The van der Waals surface area contributed by atoms with Crippen LogP contribution in [-0.2, 0) is 15.7 Å². The molecule has 0 fully saturated rings. The minimum Gasteiger partial charge on any atom is -0.467 e. The van der Waals surface area contributed by atoms with Gasteiger partial charge in [-0.15, -0.1) is 0 Å². The molecule has 0 amide bonds. The van der Waals surface area contributed by atoms with Crippen molar-refractivity contribution in [3.05, 3.63) is 29.3 Å². The molecule has 0 radical (unpaired) electrons. The number of alkyl halides is 3. The number of aliphatic hydroxyl groups is 2. The SMILES string of the molecule is COC(=O)C(O)C(O)c1ccc(N)c(C(F)(F)F)c1. The number of hydrogen-bond donors (Lipinski definition) is 3. The van der Waals surface area contributed by atoms with Gasteiger partial charge in [0.25, 0.3) is 0 Å². The van der Waals surface area contributed by atoms with Gasteiger partial charge in [0.1, 0.15) is 6.10 Å². The summed E-state index contributed by atoms with van der Waals surface area (Å²) in [6, 6.07) is 2.60. The third kappa shape index (κ3) is 3.36. The van der Waals surface area contributed by atoms with Crippen molar-refractivity contribution in [1.82, 2.24) is 0 Å². The molecule has 8 heteroatoms. The lowest BCUT2D eigenvalue weighted by molar-refractivity contribution is -0.156. The highest BCUT2D eigenvalue weighted by atomic mass is 19.4. The van der Waals surface area contributed by atoms with Gasteiger partial charge in [-0.3, -0.25) is 0 Å². The van der Waals surface area contributed by atoms with Crippen molar-refractivity contribution in [2.24, 2.45) is 0 Å². The Labute approximate surface area is 106 Å². The zero-order chi connectivity index (χ0) is 14.8. The van der Waals surface area contributed by atoms with Gasteiger partial charge in [0.15, 0.2) is 6.10 Å². The average Bonchev–Trinajstić information content (AvgIpc) is 2.35. The van der Waals surface area contributed by atoms with Gasteiger partial charge in [-0.1, -0.05) is 6.07 Å². The summed E-state index contributed by atoms with van der Waals surface area (Å²) < 4.78 is 42.0. The molecule has 0 saturated carbocycles. The van der Waals surface area contributed by atoms with E-state index >= 15 is 0 Å². The molecule has 1 rings (SSSR count). The van der Waals surface area contributed by atoms with E-state index in [1.54, 1.807) is 0 Å². The fraction of sp³-hybridized carbons (Fsp3) is 0.364. The molecule has 1 aromatic carbocycles. The molecular formula is C11H12F3NO4. The van der Waals surface area contributed by atoms with Crippen LogP contribution in [0.3, 0.4) is 0 Å². The van der Waals surface area contributed by atoms with Crippen LogP contribution in [0.4, 0.5) is 18.9 Å². The molecule has 1 aromatic rings.